The maximum Gasteiger partial charge on any atom is 0.403 e. The van der Waals surface area contributed by atoms with Gasteiger partial charge in [0.2, 0.25) is 0 Å². The molecule has 1 aromatic heterocycles. The van der Waals surface area contributed by atoms with Gasteiger partial charge in [0.05, 0.1) is 15.1 Å². The lowest BCUT2D eigenvalue weighted by Crippen LogP contribution is -2.42. The van der Waals surface area contributed by atoms with E-state index in [0.717, 1.165) is 0 Å². The predicted octanol–water partition coefficient (Wildman–Crippen LogP) is 2.94. The molecule has 1 aliphatic rings. The first-order chi connectivity index (χ1) is 10.8. The van der Waals surface area contributed by atoms with Gasteiger partial charge in [-0.05, 0) is 12.5 Å². The SMILES string of the molecule is O=[N+]([O-])c1ccc2nc(N3CCN[C@@H](C(F)(F)F)CC3)sc2c1. The Balaban J connectivity index is 1.81. The van der Waals surface area contributed by atoms with Crippen molar-refractivity contribution < 1.29 is 18.1 Å². The fourth-order valence-electron chi connectivity index (χ4n) is 2.49. The average Bonchev–Trinajstić information content (AvgIpc) is 2.72. The highest BCUT2D eigenvalue weighted by Crippen LogP contribution is 2.32. The number of nitrogens with zero attached hydrogens (tertiary/aromatic N) is 3. The number of alkyl halides is 3. The summed E-state index contributed by atoms with van der Waals surface area (Å²) in [5.41, 5.74) is 0.586. The molecule has 0 radical (unpaired) electrons. The van der Waals surface area contributed by atoms with Crippen molar-refractivity contribution in [3.63, 3.8) is 0 Å². The molecule has 1 saturated heterocycles. The zero-order chi connectivity index (χ0) is 16.6. The number of hydrogen-bond donors (Lipinski definition) is 1. The lowest BCUT2D eigenvalue weighted by Gasteiger charge is -2.20. The summed E-state index contributed by atoms with van der Waals surface area (Å²) in [5, 5.41) is 13.9. The molecule has 124 valence electrons. The Kier molecular flexibility index (Phi) is 4.11. The number of fused-ring (bicyclic) bond motifs is 1. The van der Waals surface area contributed by atoms with Gasteiger partial charge in [-0.2, -0.15) is 13.2 Å². The summed E-state index contributed by atoms with van der Waals surface area (Å²) >= 11 is 1.25. The molecule has 2 aromatic rings. The van der Waals surface area contributed by atoms with Crippen molar-refractivity contribution in [3.05, 3.63) is 28.3 Å². The lowest BCUT2D eigenvalue weighted by atomic mass is 10.2. The number of halogens is 3. The van der Waals surface area contributed by atoms with E-state index in [1.165, 1.54) is 23.5 Å². The normalized spacial score (nSPS) is 19.8. The molecule has 2 heterocycles. The van der Waals surface area contributed by atoms with Crippen LogP contribution in [0.15, 0.2) is 18.2 Å². The molecule has 6 nitrogen and oxygen atoms in total. The van der Waals surface area contributed by atoms with Gasteiger partial charge < -0.3 is 10.2 Å². The van der Waals surface area contributed by atoms with E-state index < -0.39 is 17.1 Å². The molecule has 1 aliphatic heterocycles. The average molecular weight is 346 g/mol. The minimum Gasteiger partial charge on any atom is -0.347 e. The van der Waals surface area contributed by atoms with Gasteiger partial charge in [0.25, 0.3) is 5.69 Å². The van der Waals surface area contributed by atoms with Gasteiger partial charge in [0.1, 0.15) is 6.04 Å². The summed E-state index contributed by atoms with van der Waals surface area (Å²) in [5.74, 6) is 0. The fourth-order valence-corrected chi connectivity index (χ4v) is 3.54. The van der Waals surface area contributed by atoms with E-state index in [2.05, 4.69) is 10.3 Å². The van der Waals surface area contributed by atoms with Crippen molar-refractivity contribution in [2.45, 2.75) is 18.6 Å². The number of hydrogen-bond acceptors (Lipinski definition) is 6. The summed E-state index contributed by atoms with van der Waals surface area (Å²) in [7, 11) is 0. The van der Waals surface area contributed by atoms with Crippen LogP contribution in [0.4, 0.5) is 24.0 Å². The highest BCUT2D eigenvalue weighted by atomic mass is 32.1. The number of anilines is 1. The lowest BCUT2D eigenvalue weighted by molar-refractivity contribution is -0.384. The van der Waals surface area contributed by atoms with Crippen LogP contribution in [-0.4, -0.2) is 41.8 Å². The van der Waals surface area contributed by atoms with E-state index in [9.17, 15) is 23.3 Å². The van der Waals surface area contributed by atoms with E-state index in [-0.39, 0.29) is 25.2 Å². The number of thiazole rings is 1. The Labute approximate surface area is 133 Å². The van der Waals surface area contributed by atoms with Crippen LogP contribution in [0.5, 0.6) is 0 Å². The third kappa shape index (κ3) is 3.37. The minimum atomic E-state index is -4.26. The van der Waals surface area contributed by atoms with Crippen molar-refractivity contribution in [2.24, 2.45) is 0 Å². The maximum atomic E-state index is 12.8. The van der Waals surface area contributed by atoms with Crippen LogP contribution in [-0.2, 0) is 0 Å². The third-order valence-corrected chi connectivity index (χ3v) is 4.78. The van der Waals surface area contributed by atoms with E-state index in [1.807, 2.05) is 0 Å². The number of aromatic nitrogens is 1. The summed E-state index contributed by atoms with van der Waals surface area (Å²) < 4.78 is 39.0. The van der Waals surface area contributed by atoms with Crippen LogP contribution in [0.3, 0.4) is 0 Å². The second-order valence-corrected chi connectivity index (χ2v) is 6.24. The molecule has 0 bridgehead atoms. The molecule has 0 saturated carbocycles. The Morgan fingerprint density at radius 1 is 1.39 bits per heavy atom. The van der Waals surface area contributed by atoms with Crippen LogP contribution in [0.1, 0.15) is 6.42 Å². The Bertz CT molecular complexity index is 734. The second kappa shape index (κ2) is 5.93. The standard InChI is InChI=1S/C13H13F3N4O2S/c14-13(15,16)11-3-5-19(6-4-17-11)12-18-9-2-1-8(20(21)22)7-10(9)23-12/h1-2,7,11,17H,3-6H2/t11-/m1/s1. The van der Waals surface area contributed by atoms with E-state index >= 15 is 0 Å². The van der Waals surface area contributed by atoms with Crippen molar-refractivity contribution in [3.8, 4) is 0 Å². The number of nitrogens with one attached hydrogen (secondary N) is 1. The molecule has 1 aromatic carbocycles. The van der Waals surface area contributed by atoms with Gasteiger partial charge >= 0.3 is 6.18 Å². The zero-order valence-electron chi connectivity index (χ0n) is 11.8. The quantitative estimate of drug-likeness (QED) is 0.669. The van der Waals surface area contributed by atoms with Gasteiger partial charge in [-0.25, -0.2) is 4.98 Å². The Morgan fingerprint density at radius 2 is 2.17 bits per heavy atom. The van der Waals surface area contributed by atoms with Gasteiger partial charge in [-0.3, -0.25) is 10.1 Å². The van der Waals surface area contributed by atoms with Gasteiger partial charge in [0, 0.05) is 31.8 Å². The molecule has 1 fully saturated rings. The number of benzene rings is 1. The number of nitro groups is 1. The van der Waals surface area contributed by atoms with E-state index in [4.69, 9.17) is 0 Å². The minimum absolute atomic E-state index is 0.0256. The first-order valence-corrected chi connectivity index (χ1v) is 7.76. The molecule has 0 amide bonds. The first-order valence-electron chi connectivity index (χ1n) is 6.94. The molecule has 23 heavy (non-hydrogen) atoms. The van der Waals surface area contributed by atoms with Gasteiger partial charge in [-0.15, -0.1) is 0 Å². The topological polar surface area (TPSA) is 71.3 Å². The van der Waals surface area contributed by atoms with E-state index in [1.54, 1.807) is 11.0 Å². The molecular weight excluding hydrogens is 333 g/mol. The predicted molar refractivity (Wildman–Crippen MR) is 81.0 cm³/mol. The van der Waals surface area contributed by atoms with Crippen molar-refractivity contribution in [1.29, 1.82) is 0 Å². The van der Waals surface area contributed by atoms with Crippen molar-refractivity contribution in [1.82, 2.24) is 10.3 Å². The Hall–Kier alpha value is -1.94. The fraction of sp³-hybridized carbons (Fsp3) is 0.462. The monoisotopic (exact) mass is 346 g/mol. The molecule has 0 aliphatic carbocycles. The molecular formula is C13H13F3N4O2S. The number of non-ortho nitro benzene ring substituents is 1. The van der Waals surface area contributed by atoms with Crippen LogP contribution < -0.4 is 10.2 Å². The highest BCUT2D eigenvalue weighted by molar-refractivity contribution is 7.22. The third-order valence-electron chi connectivity index (χ3n) is 3.70. The summed E-state index contributed by atoms with van der Waals surface area (Å²) in [6.07, 6.45) is -4.32. The molecule has 10 heteroatoms. The van der Waals surface area contributed by atoms with E-state index in [0.29, 0.717) is 21.9 Å². The second-order valence-electron chi connectivity index (χ2n) is 5.23. The van der Waals surface area contributed by atoms with Gasteiger partial charge in [-0.1, -0.05) is 11.3 Å². The van der Waals surface area contributed by atoms with Crippen molar-refractivity contribution >= 4 is 32.4 Å². The summed E-state index contributed by atoms with van der Waals surface area (Å²) in [4.78, 5) is 16.5. The van der Waals surface area contributed by atoms with Crippen LogP contribution in [0.2, 0.25) is 0 Å². The van der Waals surface area contributed by atoms with Crippen LogP contribution in [0, 0.1) is 10.1 Å². The molecule has 1 N–H and O–H groups in total. The van der Waals surface area contributed by atoms with Gasteiger partial charge in [0.15, 0.2) is 5.13 Å². The van der Waals surface area contributed by atoms with Crippen LogP contribution in [0.25, 0.3) is 10.2 Å². The molecule has 1 atom stereocenters. The summed E-state index contributed by atoms with van der Waals surface area (Å²) in [6.45, 7) is 0.855. The zero-order valence-corrected chi connectivity index (χ0v) is 12.7. The number of nitro benzene ring substituents is 1. The first kappa shape index (κ1) is 15.9. The highest BCUT2D eigenvalue weighted by Gasteiger charge is 2.40. The summed E-state index contributed by atoms with van der Waals surface area (Å²) in [6, 6.07) is 2.85. The maximum absolute atomic E-state index is 12.8. The molecule has 0 spiro atoms. The van der Waals surface area contributed by atoms with Crippen molar-refractivity contribution in [2.75, 3.05) is 24.5 Å². The Morgan fingerprint density at radius 3 is 2.87 bits per heavy atom. The smallest absolute Gasteiger partial charge is 0.347 e. The molecule has 0 unspecified atom stereocenters. The van der Waals surface area contributed by atoms with Crippen LogP contribution >= 0.6 is 11.3 Å². The number of rotatable bonds is 2. The largest absolute Gasteiger partial charge is 0.403 e. The molecule has 3 rings (SSSR count).